The second-order valence-corrected chi connectivity index (χ2v) is 6.33. The highest BCUT2D eigenvalue weighted by molar-refractivity contribution is 6.05. The van der Waals surface area contributed by atoms with Crippen LogP contribution in [0.5, 0.6) is 11.5 Å². The Morgan fingerprint density at radius 1 is 1.25 bits per heavy atom. The van der Waals surface area contributed by atoms with E-state index < -0.39 is 12.0 Å². The highest BCUT2D eigenvalue weighted by Gasteiger charge is 2.35. The predicted octanol–water partition coefficient (Wildman–Crippen LogP) is 3.23. The van der Waals surface area contributed by atoms with Gasteiger partial charge < -0.3 is 19.0 Å². The molecule has 0 radical (unpaired) electrons. The highest BCUT2D eigenvalue weighted by atomic mass is 16.5. The summed E-state index contributed by atoms with van der Waals surface area (Å²) in [4.78, 5) is 23.4. The molecule has 3 rings (SSSR count). The maximum Gasteiger partial charge on any atom is 0.303 e. The second-order valence-electron chi connectivity index (χ2n) is 6.33. The summed E-state index contributed by atoms with van der Waals surface area (Å²) >= 11 is 0. The molecule has 1 aromatic heterocycles. The number of amides is 1. The SMILES string of the molecule is COc1ccc(OC)c(C2=NN(C(=O)CCCC(=O)O)[C@@H](c3ccco3)C2)c1. The first-order valence-corrected chi connectivity index (χ1v) is 8.90. The fourth-order valence-corrected chi connectivity index (χ4v) is 3.15. The number of furan rings is 1. The lowest BCUT2D eigenvalue weighted by atomic mass is 10.0. The molecule has 2 heterocycles. The molecule has 0 aliphatic carbocycles. The van der Waals surface area contributed by atoms with Crippen LogP contribution in [0.25, 0.3) is 0 Å². The molecule has 1 atom stereocenters. The average molecular weight is 386 g/mol. The largest absolute Gasteiger partial charge is 0.497 e. The van der Waals surface area contributed by atoms with E-state index in [1.807, 2.05) is 6.07 Å². The van der Waals surface area contributed by atoms with Crippen LogP contribution < -0.4 is 9.47 Å². The van der Waals surface area contributed by atoms with Gasteiger partial charge >= 0.3 is 5.97 Å². The number of methoxy groups -OCH3 is 2. The third kappa shape index (κ3) is 4.16. The number of benzene rings is 1. The zero-order chi connectivity index (χ0) is 20.1. The molecule has 148 valence electrons. The number of hydrogen-bond acceptors (Lipinski definition) is 6. The second kappa shape index (κ2) is 8.60. The van der Waals surface area contributed by atoms with Crippen LogP contribution >= 0.6 is 0 Å². The van der Waals surface area contributed by atoms with Crippen molar-refractivity contribution in [2.45, 2.75) is 31.7 Å². The summed E-state index contributed by atoms with van der Waals surface area (Å²) in [5.74, 6) is 0.714. The summed E-state index contributed by atoms with van der Waals surface area (Å²) in [7, 11) is 3.14. The first kappa shape index (κ1) is 19.5. The molecule has 8 nitrogen and oxygen atoms in total. The number of aliphatic carboxylic acids is 1. The van der Waals surface area contributed by atoms with E-state index >= 15 is 0 Å². The van der Waals surface area contributed by atoms with Crippen LogP contribution in [0.2, 0.25) is 0 Å². The molecule has 1 aromatic carbocycles. The van der Waals surface area contributed by atoms with Crippen molar-refractivity contribution in [3.8, 4) is 11.5 Å². The molecule has 0 bridgehead atoms. The number of carbonyl (C=O) groups is 2. The minimum atomic E-state index is -0.929. The molecule has 1 aliphatic rings. The van der Waals surface area contributed by atoms with Gasteiger partial charge in [-0.3, -0.25) is 9.59 Å². The van der Waals surface area contributed by atoms with Crippen LogP contribution in [-0.2, 0) is 9.59 Å². The minimum Gasteiger partial charge on any atom is -0.497 e. The van der Waals surface area contributed by atoms with Gasteiger partial charge in [-0.25, -0.2) is 5.01 Å². The van der Waals surface area contributed by atoms with E-state index in [0.29, 0.717) is 29.4 Å². The van der Waals surface area contributed by atoms with Crippen molar-refractivity contribution >= 4 is 17.6 Å². The van der Waals surface area contributed by atoms with Gasteiger partial charge in [0.1, 0.15) is 23.3 Å². The van der Waals surface area contributed by atoms with Gasteiger partial charge in [0.25, 0.3) is 0 Å². The van der Waals surface area contributed by atoms with E-state index in [-0.39, 0.29) is 25.2 Å². The number of ether oxygens (including phenoxy) is 2. The molecule has 0 spiro atoms. The zero-order valence-corrected chi connectivity index (χ0v) is 15.8. The number of hydrogen-bond donors (Lipinski definition) is 1. The van der Waals surface area contributed by atoms with Gasteiger partial charge in [-0.05, 0) is 36.8 Å². The normalized spacial score (nSPS) is 16.0. The Morgan fingerprint density at radius 2 is 2.07 bits per heavy atom. The van der Waals surface area contributed by atoms with Gasteiger partial charge in [-0.2, -0.15) is 5.10 Å². The zero-order valence-electron chi connectivity index (χ0n) is 15.8. The number of hydrazone groups is 1. The van der Waals surface area contributed by atoms with Crippen LogP contribution in [0.3, 0.4) is 0 Å². The third-order valence-corrected chi connectivity index (χ3v) is 4.54. The first-order valence-electron chi connectivity index (χ1n) is 8.90. The van der Waals surface area contributed by atoms with Gasteiger partial charge in [-0.15, -0.1) is 0 Å². The molecule has 8 heteroatoms. The van der Waals surface area contributed by atoms with Crippen LogP contribution in [0.15, 0.2) is 46.1 Å². The number of nitrogens with zero attached hydrogens (tertiary/aromatic N) is 2. The van der Waals surface area contributed by atoms with Crippen molar-refractivity contribution in [1.29, 1.82) is 0 Å². The van der Waals surface area contributed by atoms with Crippen LogP contribution in [0, 0.1) is 0 Å². The summed E-state index contributed by atoms with van der Waals surface area (Å²) in [6, 6.07) is 8.55. The van der Waals surface area contributed by atoms with E-state index in [1.54, 1.807) is 44.7 Å². The van der Waals surface area contributed by atoms with Gasteiger partial charge in [0.15, 0.2) is 0 Å². The van der Waals surface area contributed by atoms with E-state index in [0.717, 1.165) is 5.56 Å². The van der Waals surface area contributed by atoms with Crippen LogP contribution in [-0.4, -0.2) is 41.9 Å². The van der Waals surface area contributed by atoms with E-state index in [4.69, 9.17) is 19.0 Å². The van der Waals surface area contributed by atoms with Gasteiger partial charge in [0.2, 0.25) is 5.91 Å². The molecule has 1 amide bonds. The van der Waals surface area contributed by atoms with E-state index in [9.17, 15) is 9.59 Å². The van der Waals surface area contributed by atoms with Crippen LogP contribution in [0.4, 0.5) is 0 Å². The van der Waals surface area contributed by atoms with Gasteiger partial charge in [-0.1, -0.05) is 0 Å². The van der Waals surface area contributed by atoms with Gasteiger partial charge in [0.05, 0.1) is 26.2 Å². The smallest absolute Gasteiger partial charge is 0.303 e. The lowest BCUT2D eigenvalue weighted by Crippen LogP contribution is -2.26. The Morgan fingerprint density at radius 3 is 2.71 bits per heavy atom. The minimum absolute atomic E-state index is 0.0642. The molecular formula is C20H22N2O6. The maximum atomic E-state index is 12.7. The summed E-state index contributed by atoms with van der Waals surface area (Å²) in [5.41, 5.74) is 1.41. The number of carboxylic acids is 1. The standard InChI is InChI=1S/C20H22N2O6/c1-26-13-8-9-17(27-2)14(11-13)15-12-16(18-5-4-10-28-18)22(21-15)19(23)6-3-7-20(24)25/h4-5,8-11,16H,3,6-7,12H2,1-2H3,(H,24,25)/t16-/m1/s1. The molecule has 0 saturated heterocycles. The molecule has 0 saturated carbocycles. The number of rotatable bonds is 8. The van der Waals surface area contributed by atoms with Crippen molar-refractivity contribution in [3.05, 3.63) is 47.9 Å². The highest BCUT2D eigenvalue weighted by Crippen LogP contribution is 2.36. The fourth-order valence-electron chi connectivity index (χ4n) is 3.15. The molecule has 1 N–H and O–H groups in total. The van der Waals surface area contributed by atoms with E-state index in [2.05, 4.69) is 5.10 Å². The molecule has 1 aliphatic heterocycles. The van der Waals surface area contributed by atoms with Crippen LogP contribution in [0.1, 0.15) is 43.0 Å². The van der Waals surface area contributed by atoms with Crippen molar-refractivity contribution < 1.29 is 28.6 Å². The van der Waals surface area contributed by atoms with E-state index in [1.165, 1.54) is 5.01 Å². The lowest BCUT2D eigenvalue weighted by molar-refractivity contribution is -0.137. The van der Waals surface area contributed by atoms with Crippen molar-refractivity contribution in [2.75, 3.05) is 14.2 Å². The Labute approximate surface area is 162 Å². The molecule has 0 fully saturated rings. The van der Waals surface area contributed by atoms with Gasteiger partial charge in [0, 0.05) is 24.8 Å². The molecule has 28 heavy (non-hydrogen) atoms. The van der Waals surface area contributed by atoms with Crippen molar-refractivity contribution in [2.24, 2.45) is 5.10 Å². The molecule has 2 aromatic rings. The molecule has 0 unspecified atom stereocenters. The molecular weight excluding hydrogens is 364 g/mol. The van der Waals surface area contributed by atoms with Crippen molar-refractivity contribution in [3.63, 3.8) is 0 Å². The quantitative estimate of drug-likeness (QED) is 0.747. The summed E-state index contributed by atoms with van der Waals surface area (Å²) in [5, 5.41) is 14.7. The third-order valence-electron chi connectivity index (χ3n) is 4.54. The lowest BCUT2D eigenvalue weighted by Gasteiger charge is -2.19. The summed E-state index contributed by atoms with van der Waals surface area (Å²) in [6.07, 6.45) is 2.28. The summed E-state index contributed by atoms with van der Waals surface area (Å²) in [6.45, 7) is 0. The average Bonchev–Trinajstić information content (AvgIpc) is 3.36. The summed E-state index contributed by atoms with van der Waals surface area (Å²) < 4.78 is 16.2. The monoisotopic (exact) mass is 386 g/mol. The Hall–Kier alpha value is -3.29. The fraction of sp³-hybridized carbons (Fsp3) is 0.350. The Balaban J connectivity index is 1.90. The topological polar surface area (TPSA) is 102 Å². The predicted molar refractivity (Wildman–Crippen MR) is 100 cm³/mol. The maximum absolute atomic E-state index is 12.7. The van der Waals surface area contributed by atoms with Crippen molar-refractivity contribution in [1.82, 2.24) is 5.01 Å². The Bertz CT molecular complexity index is 875. The number of carbonyl (C=O) groups excluding carboxylic acids is 1. The Kier molecular flexibility index (Phi) is 5.98. The number of carboxylic acid groups (broad SMARTS) is 1. The first-order chi connectivity index (χ1) is 13.5.